The molecule has 0 bridgehead atoms. The molecule has 112 valence electrons. The number of benzene rings is 1. The summed E-state index contributed by atoms with van der Waals surface area (Å²) in [6, 6.07) is 8.11. The van der Waals surface area contributed by atoms with Crippen LogP contribution in [0.15, 0.2) is 24.3 Å². The van der Waals surface area contributed by atoms with Gasteiger partial charge in [0.1, 0.15) is 0 Å². The van der Waals surface area contributed by atoms with Crippen molar-refractivity contribution in [2.24, 2.45) is 0 Å². The number of nitrogens with zero attached hydrogens (tertiary/aromatic N) is 4. The van der Waals surface area contributed by atoms with E-state index in [1.807, 2.05) is 43.3 Å². The van der Waals surface area contributed by atoms with Crippen molar-refractivity contribution in [2.75, 3.05) is 36.2 Å². The first-order valence-electron chi connectivity index (χ1n) is 7.09. The molecule has 0 atom stereocenters. The Bertz CT molecular complexity index is 579. The van der Waals surface area contributed by atoms with Crippen molar-refractivity contribution in [3.8, 4) is 0 Å². The number of nitrogens with one attached hydrogen (secondary N) is 2. The van der Waals surface area contributed by atoms with Crippen LogP contribution < -0.4 is 15.5 Å². The fourth-order valence-corrected chi connectivity index (χ4v) is 1.70. The number of hydrogen-bond donors (Lipinski definition) is 2. The molecular formula is C15H22N6. The van der Waals surface area contributed by atoms with Crippen molar-refractivity contribution in [1.29, 1.82) is 0 Å². The van der Waals surface area contributed by atoms with Crippen LogP contribution in [0.1, 0.15) is 18.9 Å². The molecule has 0 aliphatic rings. The highest BCUT2D eigenvalue weighted by atomic mass is 15.3. The van der Waals surface area contributed by atoms with Crippen LogP contribution in [0.5, 0.6) is 0 Å². The number of aromatic nitrogens is 3. The molecule has 0 saturated heterocycles. The van der Waals surface area contributed by atoms with Crippen LogP contribution in [0.25, 0.3) is 0 Å². The molecule has 2 N–H and O–H groups in total. The van der Waals surface area contributed by atoms with Gasteiger partial charge in [0.15, 0.2) is 0 Å². The maximum absolute atomic E-state index is 4.41. The Morgan fingerprint density at radius 3 is 2.29 bits per heavy atom. The first-order chi connectivity index (χ1) is 10.1. The Morgan fingerprint density at radius 1 is 1.00 bits per heavy atom. The maximum Gasteiger partial charge on any atom is 0.233 e. The molecule has 0 amide bonds. The molecule has 0 radical (unpaired) electrons. The molecule has 0 aliphatic heterocycles. The van der Waals surface area contributed by atoms with Gasteiger partial charge in [-0.1, -0.05) is 24.6 Å². The minimum Gasteiger partial charge on any atom is -0.354 e. The van der Waals surface area contributed by atoms with Gasteiger partial charge in [0.2, 0.25) is 17.8 Å². The zero-order valence-corrected chi connectivity index (χ0v) is 13.0. The quantitative estimate of drug-likeness (QED) is 0.851. The third-order valence-electron chi connectivity index (χ3n) is 2.86. The second kappa shape index (κ2) is 6.88. The second-order valence-electron chi connectivity index (χ2n) is 5.09. The van der Waals surface area contributed by atoms with Gasteiger partial charge in [-0.15, -0.1) is 0 Å². The molecule has 2 rings (SSSR count). The zero-order chi connectivity index (χ0) is 15.2. The first-order valence-corrected chi connectivity index (χ1v) is 7.09. The summed E-state index contributed by atoms with van der Waals surface area (Å²) < 4.78 is 0. The molecule has 6 heteroatoms. The summed E-state index contributed by atoms with van der Waals surface area (Å²) in [5.74, 6) is 1.75. The highest BCUT2D eigenvalue weighted by Crippen LogP contribution is 2.17. The van der Waals surface area contributed by atoms with Crippen LogP contribution in [0.2, 0.25) is 0 Å². The zero-order valence-electron chi connectivity index (χ0n) is 13.0. The molecule has 21 heavy (non-hydrogen) atoms. The lowest BCUT2D eigenvalue weighted by Gasteiger charge is -2.14. The molecule has 1 heterocycles. The van der Waals surface area contributed by atoms with Gasteiger partial charge in [0.25, 0.3) is 0 Å². The van der Waals surface area contributed by atoms with E-state index in [1.54, 1.807) is 0 Å². The molecule has 6 nitrogen and oxygen atoms in total. The van der Waals surface area contributed by atoms with Crippen LogP contribution in [-0.2, 0) is 0 Å². The van der Waals surface area contributed by atoms with E-state index in [9.17, 15) is 0 Å². The lowest BCUT2D eigenvalue weighted by molar-refractivity contribution is 0.919. The number of hydrogen-bond acceptors (Lipinski definition) is 6. The van der Waals surface area contributed by atoms with E-state index < -0.39 is 0 Å². The molecule has 0 aliphatic carbocycles. The highest BCUT2D eigenvalue weighted by molar-refractivity contribution is 5.56. The van der Waals surface area contributed by atoms with E-state index in [0.717, 1.165) is 18.7 Å². The van der Waals surface area contributed by atoms with Gasteiger partial charge >= 0.3 is 0 Å². The third-order valence-corrected chi connectivity index (χ3v) is 2.86. The number of aryl methyl sites for hydroxylation is 1. The Morgan fingerprint density at radius 2 is 1.67 bits per heavy atom. The number of anilines is 4. The summed E-state index contributed by atoms with van der Waals surface area (Å²) >= 11 is 0. The largest absolute Gasteiger partial charge is 0.354 e. The first kappa shape index (κ1) is 15.0. The summed E-state index contributed by atoms with van der Waals surface area (Å²) in [6.45, 7) is 5.00. The maximum atomic E-state index is 4.41. The van der Waals surface area contributed by atoms with Crippen molar-refractivity contribution >= 4 is 23.5 Å². The van der Waals surface area contributed by atoms with Crippen LogP contribution in [0, 0.1) is 6.92 Å². The number of rotatable bonds is 6. The fraction of sp³-hybridized carbons (Fsp3) is 0.400. The summed E-state index contributed by atoms with van der Waals surface area (Å²) in [7, 11) is 3.82. The van der Waals surface area contributed by atoms with Crippen molar-refractivity contribution in [2.45, 2.75) is 20.3 Å². The molecule has 0 fully saturated rings. The van der Waals surface area contributed by atoms with E-state index in [1.165, 1.54) is 5.56 Å². The van der Waals surface area contributed by atoms with E-state index >= 15 is 0 Å². The monoisotopic (exact) mass is 286 g/mol. The van der Waals surface area contributed by atoms with E-state index in [0.29, 0.717) is 17.8 Å². The predicted octanol–water partition coefficient (Wildman–Crippen LogP) is 2.81. The molecule has 2 aromatic rings. The summed E-state index contributed by atoms with van der Waals surface area (Å²) in [5, 5.41) is 6.41. The molecule has 0 saturated carbocycles. The smallest absolute Gasteiger partial charge is 0.233 e. The normalized spacial score (nSPS) is 10.3. The Balaban J connectivity index is 2.24. The summed E-state index contributed by atoms with van der Waals surface area (Å²) in [6.07, 6.45) is 1.02. The van der Waals surface area contributed by atoms with Crippen LogP contribution in [-0.4, -0.2) is 35.6 Å². The third kappa shape index (κ3) is 4.30. The van der Waals surface area contributed by atoms with Crippen LogP contribution >= 0.6 is 0 Å². The topological polar surface area (TPSA) is 66.0 Å². The standard InChI is InChI=1S/C15H22N6/c1-5-10-16-13-18-14(20-15(19-13)21(3)4)17-12-8-6-11(2)7-9-12/h6-9H,5,10H2,1-4H3,(H2,16,17,18,19,20). The Hall–Kier alpha value is -2.37. The molecule has 0 unspecified atom stereocenters. The van der Waals surface area contributed by atoms with Gasteiger partial charge in [-0.25, -0.2) is 0 Å². The van der Waals surface area contributed by atoms with Crippen molar-refractivity contribution in [3.05, 3.63) is 29.8 Å². The summed E-state index contributed by atoms with van der Waals surface area (Å²) in [5.41, 5.74) is 2.17. The van der Waals surface area contributed by atoms with E-state index in [-0.39, 0.29) is 0 Å². The molecular weight excluding hydrogens is 264 g/mol. The SMILES string of the molecule is CCCNc1nc(Nc2ccc(C)cc2)nc(N(C)C)n1. The van der Waals surface area contributed by atoms with Gasteiger partial charge in [0.05, 0.1) is 0 Å². The van der Waals surface area contributed by atoms with Gasteiger partial charge in [0, 0.05) is 26.3 Å². The molecule has 1 aromatic heterocycles. The minimum absolute atomic E-state index is 0.538. The second-order valence-corrected chi connectivity index (χ2v) is 5.09. The lowest BCUT2D eigenvalue weighted by atomic mass is 10.2. The van der Waals surface area contributed by atoms with Gasteiger partial charge in [-0.05, 0) is 25.5 Å². The lowest BCUT2D eigenvalue weighted by Crippen LogP contribution is -2.16. The van der Waals surface area contributed by atoms with Gasteiger partial charge < -0.3 is 15.5 Å². The van der Waals surface area contributed by atoms with Crippen molar-refractivity contribution in [1.82, 2.24) is 15.0 Å². The minimum atomic E-state index is 0.538. The average Bonchev–Trinajstić information content (AvgIpc) is 2.47. The molecule has 1 aromatic carbocycles. The van der Waals surface area contributed by atoms with E-state index in [4.69, 9.17) is 0 Å². The van der Waals surface area contributed by atoms with E-state index in [2.05, 4.69) is 39.4 Å². The van der Waals surface area contributed by atoms with Crippen LogP contribution in [0.3, 0.4) is 0 Å². The van der Waals surface area contributed by atoms with Crippen molar-refractivity contribution < 1.29 is 0 Å². The van der Waals surface area contributed by atoms with Crippen molar-refractivity contribution in [3.63, 3.8) is 0 Å². The predicted molar refractivity (Wildman–Crippen MR) is 87.4 cm³/mol. The summed E-state index contributed by atoms with van der Waals surface area (Å²) in [4.78, 5) is 15.1. The highest BCUT2D eigenvalue weighted by Gasteiger charge is 2.08. The van der Waals surface area contributed by atoms with Gasteiger partial charge in [-0.2, -0.15) is 15.0 Å². The van der Waals surface area contributed by atoms with Crippen LogP contribution in [0.4, 0.5) is 23.5 Å². The molecule has 0 spiro atoms. The Labute approximate surface area is 125 Å². The Kier molecular flexibility index (Phi) is 4.92. The fourth-order valence-electron chi connectivity index (χ4n) is 1.70. The average molecular weight is 286 g/mol. The van der Waals surface area contributed by atoms with Gasteiger partial charge in [-0.3, -0.25) is 0 Å².